The molecule has 0 saturated heterocycles. The Hall–Kier alpha value is -3.05. The van der Waals surface area contributed by atoms with Gasteiger partial charge in [-0.25, -0.2) is 0 Å². The van der Waals surface area contributed by atoms with Crippen LogP contribution in [0.25, 0.3) is 0 Å². The van der Waals surface area contributed by atoms with E-state index in [0.717, 1.165) is 96.4 Å². The molecule has 0 aliphatic rings. The van der Waals surface area contributed by atoms with E-state index in [1.165, 1.54) is 0 Å². The molecule has 0 heterocycles. The number of benzene rings is 2. The molecule has 0 amide bonds. The summed E-state index contributed by atoms with van der Waals surface area (Å²) in [6, 6.07) is 11.8. The molecule has 0 bridgehead atoms. The molecule has 2 aromatic rings. The SMILES string of the molecule is CCCCCCC(=Nc1ccc(CC(=O)CC)c(CC(=O)CC)c1)C(CCCC)=Nc1ccc(CC(=O)CC)c(CC(=O)CC)c1.[Ni]. The van der Waals surface area contributed by atoms with Crippen LogP contribution in [-0.4, -0.2) is 34.6 Å². The molecule has 47 heavy (non-hydrogen) atoms. The van der Waals surface area contributed by atoms with Crippen molar-refractivity contribution < 1.29 is 35.7 Å². The maximum atomic E-state index is 12.5. The third-order valence-electron chi connectivity index (χ3n) is 8.40. The summed E-state index contributed by atoms with van der Waals surface area (Å²) in [7, 11) is 0. The molecule has 0 N–H and O–H groups in total. The van der Waals surface area contributed by atoms with Crippen molar-refractivity contribution in [2.75, 3.05) is 0 Å². The zero-order valence-electron chi connectivity index (χ0n) is 29.6. The van der Waals surface area contributed by atoms with Crippen LogP contribution >= 0.6 is 0 Å². The standard InChI is InChI=1S/C40H56N2O4.Ni/c1-7-13-15-16-18-40(42-34-22-20-30(26-36(44)10-4)32(24-34)28-38(46)12-6)39(17-14-8-2)41-33-21-19-29(25-35(43)9-3)31(23-33)27-37(45)11-5;/h19-24H,7-18,25-28H2,1-6H3;. The minimum Gasteiger partial charge on any atom is -0.299 e. The normalized spacial score (nSPS) is 11.7. The van der Waals surface area contributed by atoms with Gasteiger partial charge in [0, 0.05) is 67.9 Å². The fourth-order valence-corrected chi connectivity index (χ4v) is 5.29. The second-order valence-corrected chi connectivity index (χ2v) is 12.2. The summed E-state index contributed by atoms with van der Waals surface area (Å²) < 4.78 is 0. The van der Waals surface area contributed by atoms with Crippen LogP contribution in [0.15, 0.2) is 46.4 Å². The van der Waals surface area contributed by atoms with Crippen molar-refractivity contribution in [1.29, 1.82) is 0 Å². The Labute approximate surface area is 293 Å². The zero-order valence-corrected chi connectivity index (χ0v) is 30.6. The van der Waals surface area contributed by atoms with Crippen LogP contribution in [0, 0.1) is 0 Å². The number of unbranched alkanes of at least 4 members (excludes halogenated alkanes) is 4. The van der Waals surface area contributed by atoms with Gasteiger partial charge in [0.05, 0.1) is 22.8 Å². The molecule has 0 radical (unpaired) electrons. The topological polar surface area (TPSA) is 93.0 Å². The summed E-state index contributed by atoms with van der Waals surface area (Å²) in [5.74, 6) is 0.573. The second kappa shape index (κ2) is 23.3. The van der Waals surface area contributed by atoms with Crippen LogP contribution in [0.4, 0.5) is 11.4 Å². The third-order valence-corrected chi connectivity index (χ3v) is 8.40. The van der Waals surface area contributed by atoms with E-state index in [2.05, 4.69) is 13.8 Å². The van der Waals surface area contributed by atoms with Crippen molar-refractivity contribution in [3.8, 4) is 0 Å². The molecule has 0 aliphatic carbocycles. The molecule has 0 fully saturated rings. The maximum Gasteiger partial charge on any atom is 0.137 e. The molecule has 0 aliphatic heterocycles. The van der Waals surface area contributed by atoms with E-state index in [-0.39, 0.29) is 39.6 Å². The van der Waals surface area contributed by atoms with Gasteiger partial charge >= 0.3 is 0 Å². The number of rotatable bonds is 23. The van der Waals surface area contributed by atoms with E-state index in [9.17, 15) is 19.2 Å². The number of carbonyl (C=O) groups excluding carboxylic acids is 4. The first-order valence-electron chi connectivity index (χ1n) is 17.6. The second-order valence-electron chi connectivity index (χ2n) is 12.2. The van der Waals surface area contributed by atoms with E-state index in [1.54, 1.807) is 0 Å². The number of nitrogens with zero attached hydrogens (tertiary/aromatic N) is 2. The number of ketones is 4. The average Bonchev–Trinajstić information content (AvgIpc) is 3.06. The fourth-order valence-electron chi connectivity index (χ4n) is 5.29. The molecular formula is C40H56N2NiO4. The van der Waals surface area contributed by atoms with Crippen molar-refractivity contribution in [1.82, 2.24) is 0 Å². The summed E-state index contributed by atoms with van der Waals surface area (Å²) in [6.07, 6.45) is 11.0. The predicted molar refractivity (Wildman–Crippen MR) is 191 cm³/mol. The summed E-state index contributed by atoms with van der Waals surface area (Å²) in [4.78, 5) is 59.9. The number of hydrogen-bond donors (Lipinski definition) is 0. The van der Waals surface area contributed by atoms with Gasteiger partial charge < -0.3 is 0 Å². The minimum atomic E-state index is 0. The van der Waals surface area contributed by atoms with Crippen LogP contribution in [0.2, 0.25) is 0 Å². The Bertz CT molecular complexity index is 1390. The van der Waals surface area contributed by atoms with Crippen LogP contribution in [0.1, 0.15) is 141 Å². The van der Waals surface area contributed by atoms with Gasteiger partial charge in [-0.3, -0.25) is 29.2 Å². The summed E-state index contributed by atoms with van der Waals surface area (Å²) in [5.41, 5.74) is 6.93. The molecule has 0 unspecified atom stereocenters. The molecule has 2 aromatic carbocycles. The number of Topliss-reactive ketones (excluding diaryl/α,β-unsaturated/α-hetero) is 4. The Kier molecular flexibility index (Phi) is 20.8. The Morgan fingerprint density at radius 3 is 1.19 bits per heavy atom. The van der Waals surface area contributed by atoms with E-state index in [1.807, 2.05) is 64.1 Å². The molecule has 6 nitrogen and oxygen atoms in total. The molecule has 7 heteroatoms. The van der Waals surface area contributed by atoms with Gasteiger partial charge in [-0.1, -0.05) is 79.4 Å². The van der Waals surface area contributed by atoms with Crippen LogP contribution in [0.3, 0.4) is 0 Å². The Morgan fingerprint density at radius 1 is 0.468 bits per heavy atom. The van der Waals surface area contributed by atoms with E-state index < -0.39 is 0 Å². The van der Waals surface area contributed by atoms with Crippen molar-refractivity contribution in [3.63, 3.8) is 0 Å². The van der Waals surface area contributed by atoms with Crippen molar-refractivity contribution in [3.05, 3.63) is 58.7 Å². The minimum absolute atomic E-state index is 0. The number of hydrogen-bond acceptors (Lipinski definition) is 6. The largest absolute Gasteiger partial charge is 0.299 e. The average molecular weight is 688 g/mol. The maximum absolute atomic E-state index is 12.5. The first-order chi connectivity index (χ1) is 22.2. The van der Waals surface area contributed by atoms with Crippen LogP contribution in [0.5, 0.6) is 0 Å². The molecule has 0 atom stereocenters. The summed E-state index contributed by atoms with van der Waals surface area (Å²) in [6.45, 7) is 11.8. The van der Waals surface area contributed by atoms with E-state index >= 15 is 0 Å². The quantitative estimate of drug-likeness (QED) is 0.0661. The van der Waals surface area contributed by atoms with Crippen molar-refractivity contribution in [2.24, 2.45) is 9.98 Å². The van der Waals surface area contributed by atoms with E-state index in [4.69, 9.17) is 9.98 Å². The smallest absolute Gasteiger partial charge is 0.137 e. The van der Waals surface area contributed by atoms with Gasteiger partial charge in [-0.2, -0.15) is 0 Å². The molecule has 0 aromatic heterocycles. The molecule has 2 rings (SSSR count). The monoisotopic (exact) mass is 686 g/mol. The molecule has 0 spiro atoms. The van der Waals surface area contributed by atoms with Gasteiger partial charge in [-0.15, -0.1) is 0 Å². The first kappa shape index (κ1) is 42.0. The molecular weight excluding hydrogens is 631 g/mol. The first-order valence-corrected chi connectivity index (χ1v) is 17.6. The van der Waals surface area contributed by atoms with Gasteiger partial charge in [0.15, 0.2) is 0 Å². The van der Waals surface area contributed by atoms with Crippen molar-refractivity contribution >= 4 is 45.9 Å². The predicted octanol–water partition coefficient (Wildman–Crippen LogP) is 9.78. The molecule has 260 valence electrons. The van der Waals surface area contributed by atoms with Gasteiger partial charge in [-0.05, 0) is 72.2 Å². The van der Waals surface area contributed by atoms with Crippen LogP contribution < -0.4 is 0 Å². The summed E-state index contributed by atoms with van der Waals surface area (Å²) in [5, 5.41) is 0. The van der Waals surface area contributed by atoms with Gasteiger partial charge in [0.2, 0.25) is 0 Å². The van der Waals surface area contributed by atoms with E-state index in [0.29, 0.717) is 51.4 Å². The fraction of sp³-hybridized carbons (Fsp3) is 0.550. The van der Waals surface area contributed by atoms with Gasteiger partial charge in [0.1, 0.15) is 23.1 Å². The van der Waals surface area contributed by atoms with Gasteiger partial charge in [0.25, 0.3) is 0 Å². The van der Waals surface area contributed by atoms with Crippen molar-refractivity contribution in [2.45, 2.75) is 144 Å². The number of carbonyl (C=O) groups is 4. The zero-order chi connectivity index (χ0) is 33.9. The third kappa shape index (κ3) is 15.2. The summed E-state index contributed by atoms with van der Waals surface area (Å²) >= 11 is 0. The number of aliphatic imine (C=N–C) groups is 2. The van der Waals surface area contributed by atoms with Crippen LogP contribution in [-0.2, 0) is 61.4 Å². The Balaban J connectivity index is 0.0000110. The Morgan fingerprint density at radius 2 is 0.830 bits per heavy atom. The molecule has 0 saturated carbocycles.